The molecular formula is C20H18N2O4. The van der Waals surface area contributed by atoms with Gasteiger partial charge in [-0.05, 0) is 56.7 Å². The van der Waals surface area contributed by atoms with E-state index >= 15 is 0 Å². The SMILES string of the molecule is CC(=O)c1c(C)[nH]c(C(=O)Oc2ccc(Oc3ccccn3)cc2)c1C. The summed E-state index contributed by atoms with van der Waals surface area (Å²) in [6.07, 6.45) is 1.64. The van der Waals surface area contributed by atoms with Gasteiger partial charge in [-0.25, -0.2) is 9.78 Å². The minimum atomic E-state index is -0.545. The van der Waals surface area contributed by atoms with Crippen molar-refractivity contribution in [3.8, 4) is 17.4 Å². The minimum Gasteiger partial charge on any atom is -0.439 e. The second kappa shape index (κ2) is 7.23. The van der Waals surface area contributed by atoms with Crippen LogP contribution in [-0.4, -0.2) is 21.7 Å². The molecule has 6 heteroatoms. The lowest BCUT2D eigenvalue weighted by Crippen LogP contribution is -2.10. The maximum absolute atomic E-state index is 12.4. The Bertz CT molecular complexity index is 944. The molecule has 2 aromatic heterocycles. The van der Waals surface area contributed by atoms with Crippen LogP contribution in [0.15, 0.2) is 48.7 Å². The fourth-order valence-corrected chi connectivity index (χ4v) is 2.74. The van der Waals surface area contributed by atoms with Crippen molar-refractivity contribution in [3.05, 3.63) is 71.2 Å². The smallest absolute Gasteiger partial charge is 0.360 e. The molecule has 0 fully saturated rings. The van der Waals surface area contributed by atoms with E-state index in [1.165, 1.54) is 6.92 Å². The van der Waals surface area contributed by atoms with E-state index in [-0.39, 0.29) is 11.5 Å². The summed E-state index contributed by atoms with van der Waals surface area (Å²) in [5.41, 5.74) is 2.05. The average molecular weight is 350 g/mol. The molecular weight excluding hydrogens is 332 g/mol. The summed E-state index contributed by atoms with van der Waals surface area (Å²) in [5, 5.41) is 0. The molecule has 0 bridgehead atoms. The fraction of sp³-hybridized carbons (Fsp3) is 0.150. The standard InChI is InChI=1S/C20H18N2O4/c1-12-18(14(3)23)13(2)22-19(12)20(24)26-16-9-7-15(8-10-16)25-17-6-4-5-11-21-17/h4-11,22H,1-3H3. The van der Waals surface area contributed by atoms with Crippen molar-refractivity contribution in [1.82, 2.24) is 9.97 Å². The fourth-order valence-electron chi connectivity index (χ4n) is 2.74. The number of aryl methyl sites for hydroxylation is 1. The number of aromatic nitrogens is 2. The molecule has 3 rings (SSSR count). The van der Waals surface area contributed by atoms with E-state index in [1.54, 1.807) is 56.4 Å². The third-order valence-corrected chi connectivity index (χ3v) is 3.89. The molecule has 3 aromatic rings. The van der Waals surface area contributed by atoms with E-state index in [1.807, 2.05) is 6.07 Å². The Labute approximate surface area is 150 Å². The number of aromatic amines is 1. The number of rotatable bonds is 5. The van der Waals surface area contributed by atoms with Crippen molar-refractivity contribution in [2.45, 2.75) is 20.8 Å². The van der Waals surface area contributed by atoms with E-state index in [9.17, 15) is 9.59 Å². The van der Waals surface area contributed by atoms with Crippen molar-refractivity contribution in [2.24, 2.45) is 0 Å². The van der Waals surface area contributed by atoms with Gasteiger partial charge in [-0.1, -0.05) is 6.07 Å². The Kier molecular flexibility index (Phi) is 4.84. The number of Topliss-reactive ketones (excluding diaryl/α,β-unsaturated/α-hetero) is 1. The van der Waals surface area contributed by atoms with Gasteiger partial charge in [0, 0.05) is 23.5 Å². The number of H-pyrrole nitrogens is 1. The maximum atomic E-state index is 12.4. The zero-order valence-corrected chi connectivity index (χ0v) is 14.7. The van der Waals surface area contributed by atoms with Gasteiger partial charge in [-0.3, -0.25) is 4.79 Å². The van der Waals surface area contributed by atoms with Crippen LogP contribution in [0.2, 0.25) is 0 Å². The number of carbonyl (C=O) groups excluding carboxylic acids is 2. The van der Waals surface area contributed by atoms with Crippen LogP contribution in [0.3, 0.4) is 0 Å². The third-order valence-electron chi connectivity index (χ3n) is 3.89. The number of pyridine rings is 1. The van der Waals surface area contributed by atoms with E-state index < -0.39 is 5.97 Å². The number of hydrogen-bond donors (Lipinski definition) is 1. The third kappa shape index (κ3) is 3.64. The zero-order chi connectivity index (χ0) is 18.7. The second-order valence-corrected chi connectivity index (χ2v) is 5.81. The van der Waals surface area contributed by atoms with Gasteiger partial charge in [0.25, 0.3) is 0 Å². The number of nitrogens with zero attached hydrogens (tertiary/aromatic N) is 1. The molecule has 132 valence electrons. The van der Waals surface area contributed by atoms with Crippen LogP contribution in [-0.2, 0) is 0 Å². The number of ketones is 1. The quantitative estimate of drug-likeness (QED) is 0.423. The summed E-state index contributed by atoms with van der Waals surface area (Å²) in [6, 6.07) is 12.0. The largest absolute Gasteiger partial charge is 0.439 e. The Morgan fingerprint density at radius 3 is 2.27 bits per heavy atom. The monoisotopic (exact) mass is 350 g/mol. The zero-order valence-electron chi connectivity index (χ0n) is 14.7. The Hall–Kier alpha value is -3.41. The van der Waals surface area contributed by atoms with Crippen molar-refractivity contribution < 1.29 is 19.1 Å². The molecule has 0 saturated heterocycles. The molecule has 0 saturated carbocycles. The molecule has 0 unspecified atom stereocenters. The number of esters is 1. The van der Waals surface area contributed by atoms with Crippen molar-refractivity contribution in [3.63, 3.8) is 0 Å². The van der Waals surface area contributed by atoms with Crippen molar-refractivity contribution in [2.75, 3.05) is 0 Å². The lowest BCUT2D eigenvalue weighted by atomic mass is 10.1. The molecule has 1 N–H and O–H groups in total. The molecule has 0 spiro atoms. The molecule has 0 aliphatic rings. The molecule has 0 radical (unpaired) electrons. The summed E-state index contributed by atoms with van der Waals surface area (Å²) < 4.78 is 11.0. The summed E-state index contributed by atoms with van der Waals surface area (Å²) in [6.45, 7) is 4.95. The van der Waals surface area contributed by atoms with Gasteiger partial charge in [0.15, 0.2) is 5.78 Å². The predicted octanol–water partition coefficient (Wildman–Crippen LogP) is 4.24. The molecule has 1 aromatic carbocycles. The first kappa shape index (κ1) is 17.4. The Morgan fingerprint density at radius 2 is 1.69 bits per heavy atom. The summed E-state index contributed by atoms with van der Waals surface area (Å²) in [4.78, 5) is 31.1. The van der Waals surface area contributed by atoms with Crippen molar-refractivity contribution in [1.29, 1.82) is 0 Å². The molecule has 0 atom stereocenters. The van der Waals surface area contributed by atoms with Crippen LogP contribution < -0.4 is 9.47 Å². The maximum Gasteiger partial charge on any atom is 0.360 e. The van der Waals surface area contributed by atoms with E-state index in [4.69, 9.17) is 9.47 Å². The van der Waals surface area contributed by atoms with E-state index in [0.29, 0.717) is 34.2 Å². The van der Waals surface area contributed by atoms with Gasteiger partial charge in [0.05, 0.1) is 0 Å². The predicted molar refractivity (Wildman–Crippen MR) is 96.0 cm³/mol. The van der Waals surface area contributed by atoms with Crippen molar-refractivity contribution >= 4 is 11.8 Å². The van der Waals surface area contributed by atoms with Gasteiger partial charge >= 0.3 is 5.97 Å². The van der Waals surface area contributed by atoms with Crippen LogP contribution in [0, 0.1) is 13.8 Å². The summed E-state index contributed by atoms with van der Waals surface area (Å²) in [5.74, 6) is 0.794. The number of benzene rings is 1. The van der Waals surface area contributed by atoms with Crippen LogP contribution >= 0.6 is 0 Å². The highest BCUT2D eigenvalue weighted by Gasteiger charge is 2.21. The molecule has 0 amide bonds. The molecule has 26 heavy (non-hydrogen) atoms. The summed E-state index contributed by atoms with van der Waals surface area (Å²) in [7, 11) is 0. The molecule has 2 heterocycles. The Balaban J connectivity index is 1.72. The van der Waals surface area contributed by atoms with Gasteiger partial charge < -0.3 is 14.5 Å². The highest BCUT2D eigenvalue weighted by molar-refractivity contribution is 6.01. The van der Waals surface area contributed by atoms with Gasteiger partial charge in [0.1, 0.15) is 17.2 Å². The molecule has 0 aliphatic heterocycles. The minimum absolute atomic E-state index is 0.0914. The van der Waals surface area contributed by atoms with Crippen LogP contribution in [0.4, 0.5) is 0 Å². The Morgan fingerprint density at radius 1 is 1.00 bits per heavy atom. The highest BCUT2D eigenvalue weighted by atomic mass is 16.5. The topological polar surface area (TPSA) is 81.3 Å². The van der Waals surface area contributed by atoms with Gasteiger partial charge in [0.2, 0.25) is 5.88 Å². The van der Waals surface area contributed by atoms with E-state index in [2.05, 4.69) is 9.97 Å². The lowest BCUT2D eigenvalue weighted by molar-refractivity contribution is 0.0728. The number of nitrogens with one attached hydrogen (secondary N) is 1. The average Bonchev–Trinajstić information content (AvgIpc) is 2.92. The first-order valence-corrected chi connectivity index (χ1v) is 8.07. The van der Waals surface area contributed by atoms with Crippen LogP contribution in [0.1, 0.15) is 39.0 Å². The van der Waals surface area contributed by atoms with Crippen LogP contribution in [0.5, 0.6) is 17.4 Å². The van der Waals surface area contributed by atoms with E-state index in [0.717, 1.165) is 0 Å². The first-order chi connectivity index (χ1) is 12.5. The number of ether oxygens (including phenoxy) is 2. The number of carbonyl (C=O) groups is 2. The first-order valence-electron chi connectivity index (χ1n) is 8.07. The van der Waals surface area contributed by atoms with Crippen LogP contribution in [0.25, 0.3) is 0 Å². The normalized spacial score (nSPS) is 10.4. The number of hydrogen-bond acceptors (Lipinski definition) is 5. The summed E-state index contributed by atoms with van der Waals surface area (Å²) >= 11 is 0. The molecule has 6 nitrogen and oxygen atoms in total. The second-order valence-electron chi connectivity index (χ2n) is 5.81. The molecule has 0 aliphatic carbocycles. The van der Waals surface area contributed by atoms with Gasteiger partial charge in [-0.15, -0.1) is 0 Å². The highest BCUT2D eigenvalue weighted by Crippen LogP contribution is 2.24. The van der Waals surface area contributed by atoms with Gasteiger partial charge in [-0.2, -0.15) is 0 Å². The lowest BCUT2D eigenvalue weighted by Gasteiger charge is -2.07.